The Morgan fingerprint density at radius 2 is 1.88 bits per heavy atom. The summed E-state index contributed by atoms with van der Waals surface area (Å²) in [6.07, 6.45) is 1.81. The predicted octanol–water partition coefficient (Wildman–Crippen LogP) is 3.06. The molecule has 16 heavy (non-hydrogen) atoms. The van der Waals surface area contributed by atoms with Gasteiger partial charge in [-0.05, 0) is 18.4 Å². The zero-order valence-electron chi connectivity index (χ0n) is 10.1. The van der Waals surface area contributed by atoms with Gasteiger partial charge in [-0.25, -0.2) is 0 Å². The zero-order valence-corrected chi connectivity index (χ0v) is 13.0. The van der Waals surface area contributed by atoms with Gasteiger partial charge in [0, 0.05) is 39.3 Å². The maximum atomic E-state index is 9.90. The van der Waals surface area contributed by atoms with E-state index in [-0.39, 0.29) is 32.7 Å². The number of hydrogen-bond donors (Lipinski definition) is 1. The standard InChI is InChI=1S/C13H19O2.Y/c1-4-6-15-9-12-8-10(3)7-11(5-2)13(12)14;/h7-8,14H,3-6,9H2,1-2H3;/q-1;. The number of phenols is 1. The molecule has 0 saturated heterocycles. The van der Waals surface area contributed by atoms with Gasteiger partial charge >= 0.3 is 0 Å². The third-order valence-electron chi connectivity index (χ3n) is 2.31. The Morgan fingerprint density at radius 3 is 2.44 bits per heavy atom. The molecule has 1 radical (unpaired) electrons. The smallest absolute Gasteiger partial charge is 0.0996 e. The summed E-state index contributed by atoms with van der Waals surface area (Å²) in [6, 6.07) is 3.79. The van der Waals surface area contributed by atoms with Crippen molar-refractivity contribution in [1.82, 2.24) is 0 Å². The number of aromatic hydroxyl groups is 1. The summed E-state index contributed by atoms with van der Waals surface area (Å²) in [6.45, 7) is 9.17. The quantitative estimate of drug-likeness (QED) is 0.668. The minimum absolute atomic E-state index is 0. The minimum Gasteiger partial charge on any atom is -0.510 e. The van der Waals surface area contributed by atoms with Crippen LogP contribution in [0.15, 0.2) is 12.1 Å². The summed E-state index contributed by atoms with van der Waals surface area (Å²) >= 11 is 0. The molecule has 1 rings (SSSR count). The van der Waals surface area contributed by atoms with Gasteiger partial charge in [0.05, 0.1) is 12.4 Å². The van der Waals surface area contributed by atoms with Crippen LogP contribution in [0.2, 0.25) is 0 Å². The van der Waals surface area contributed by atoms with Crippen LogP contribution in [0.1, 0.15) is 37.0 Å². The van der Waals surface area contributed by atoms with Crippen LogP contribution in [0.4, 0.5) is 0 Å². The second-order valence-electron chi connectivity index (χ2n) is 3.67. The summed E-state index contributed by atoms with van der Waals surface area (Å²) in [5.41, 5.74) is 2.71. The van der Waals surface area contributed by atoms with Crippen LogP contribution in [0.5, 0.6) is 5.75 Å². The third kappa shape index (κ3) is 4.44. The summed E-state index contributed by atoms with van der Waals surface area (Å²) < 4.78 is 5.42. The summed E-state index contributed by atoms with van der Waals surface area (Å²) in [4.78, 5) is 0. The van der Waals surface area contributed by atoms with Crippen LogP contribution in [0.3, 0.4) is 0 Å². The molecule has 0 saturated carbocycles. The average Bonchev–Trinajstić information content (AvgIpc) is 2.23. The number of hydrogen-bond acceptors (Lipinski definition) is 2. The molecule has 0 aromatic heterocycles. The fraction of sp³-hybridized carbons (Fsp3) is 0.462. The van der Waals surface area contributed by atoms with Gasteiger partial charge in [-0.1, -0.05) is 19.4 Å². The van der Waals surface area contributed by atoms with Crippen LogP contribution >= 0.6 is 0 Å². The summed E-state index contributed by atoms with van der Waals surface area (Å²) in [5, 5.41) is 9.90. The molecule has 0 aliphatic carbocycles. The van der Waals surface area contributed by atoms with E-state index in [9.17, 15) is 5.11 Å². The summed E-state index contributed by atoms with van der Waals surface area (Å²) in [5.74, 6) is 0.362. The van der Waals surface area contributed by atoms with Gasteiger partial charge in [-0.3, -0.25) is 0 Å². The Labute approximate surface area is 123 Å². The van der Waals surface area contributed by atoms with Gasteiger partial charge < -0.3 is 9.84 Å². The molecule has 1 aromatic carbocycles. The molecule has 0 bridgehead atoms. The molecular weight excluding hydrogens is 277 g/mol. The first kappa shape index (κ1) is 16.0. The largest absolute Gasteiger partial charge is 0.510 e. The van der Waals surface area contributed by atoms with E-state index >= 15 is 0 Å². The SMILES string of the molecule is [CH2-]c1cc(CC)c(O)c(COCCC)c1.[Y]. The van der Waals surface area contributed by atoms with Gasteiger partial charge in [-0.15, -0.1) is 0 Å². The molecular formula is C13H19O2Y-. The second kappa shape index (κ2) is 8.10. The van der Waals surface area contributed by atoms with Crippen molar-refractivity contribution in [3.63, 3.8) is 0 Å². The van der Waals surface area contributed by atoms with E-state index in [4.69, 9.17) is 4.74 Å². The van der Waals surface area contributed by atoms with E-state index < -0.39 is 0 Å². The Morgan fingerprint density at radius 1 is 1.25 bits per heavy atom. The third-order valence-corrected chi connectivity index (χ3v) is 2.31. The Balaban J connectivity index is 0.00000225. The van der Waals surface area contributed by atoms with Crippen LogP contribution in [-0.4, -0.2) is 11.7 Å². The van der Waals surface area contributed by atoms with Crippen molar-refractivity contribution in [2.75, 3.05) is 6.61 Å². The Kier molecular flexibility index (Phi) is 8.08. The van der Waals surface area contributed by atoms with Crippen LogP contribution in [0, 0.1) is 6.92 Å². The molecule has 0 spiro atoms. The molecule has 1 aromatic rings. The number of aryl methyl sites for hydroxylation is 1. The van der Waals surface area contributed by atoms with Crippen molar-refractivity contribution in [2.24, 2.45) is 0 Å². The molecule has 1 N–H and O–H groups in total. The fourth-order valence-electron chi connectivity index (χ4n) is 1.54. The second-order valence-corrected chi connectivity index (χ2v) is 3.67. The molecule has 2 nitrogen and oxygen atoms in total. The first-order chi connectivity index (χ1) is 7.19. The number of ether oxygens (including phenoxy) is 1. The predicted molar refractivity (Wildman–Crippen MR) is 61.9 cm³/mol. The summed E-state index contributed by atoms with van der Waals surface area (Å²) in [7, 11) is 0. The van der Waals surface area contributed by atoms with Crippen molar-refractivity contribution in [1.29, 1.82) is 0 Å². The Hall–Kier alpha value is -0.0461. The van der Waals surface area contributed by atoms with Gasteiger partial charge in [0.15, 0.2) is 0 Å². The molecule has 0 unspecified atom stereocenters. The van der Waals surface area contributed by atoms with Crippen LogP contribution in [0.25, 0.3) is 0 Å². The van der Waals surface area contributed by atoms with Gasteiger partial charge in [-0.2, -0.15) is 24.6 Å². The molecule has 0 heterocycles. The first-order valence-electron chi connectivity index (χ1n) is 5.43. The normalized spacial score (nSPS) is 9.88. The average molecular weight is 296 g/mol. The maximum absolute atomic E-state index is 9.90. The zero-order chi connectivity index (χ0) is 11.3. The molecule has 0 aliphatic heterocycles. The maximum Gasteiger partial charge on any atom is 0.0996 e. The first-order valence-corrected chi connectivity index (χ1v) is 5.43. The molecule has 0 aliphatic rings. The monoisotopic (exact) mass is 296 g/mol. The van der Waals surface area contributed by atoms with E-state index in [1.165, 1.54) is 0 Å². The van der Waals surface area contributed by atoms with E-state index in [0.29, 0.717) is 12.4 Å². The molecule has 0 atom stereocenters. The van der Waals surface area contributed by atoms with Gasteiger partial charge in [0.1, 0.15) is 0 Å². The topological polar surface area (TPSA) is 29.5 Å². The number of phenolic OH excluding ortho intramolecular Hbond substituents is 1. The van der Waals surface area contributed by atoms with E-state index in [2.05, 4.69) is 13.8 Å². The molecule has 0 amide bonds. The van der Waals surface area contributed by atoms with Gasteiger partial charge in [0.25, 0.3) is 0 Å². The fourth-order valence-corrected chi connectivity index (χ4v) is 1.54. The van der Waals surface area contributed by atoms with Crippen molar-refractivity contribution in [3.8, 4) is 5.75 Å². The van der Waals surface area contributed by atoms with Crippen LogP contribution < -0.4 is 0 Å². The van der Waals surface area contributed by atoms with Crippen molar-refractivity contribution in [3.05, 3.63) is 35.7 Å². The van der Waals surface area contributed by atoms with E-state index in [1.807, 2.05) is 19.1 Å². The van der Waals surface area contributed by atoms with Crippen molar-refractivity contribution < 1.29 is 42.6 Å². The van der Waals surface area contributed by atoms with E-state index in [0.717, 1.165) is 36.1 Å². The van der Waals surface area contributed by atoms with Crippen molar-refractivity contribution >= 4 is 0 Å². The molecule has 3 heteroatoms. The number of rotatable bonds is 5. The molecule has 87 valence electrons. The van der Waals surface area contributed by atoms with E-state index in [1.54, 1.807) is 0 Å². The van der Waals surface area contributed by atoms with Crippen molar-refractivity contribution in [2.45, 2.75) is 33.3 Å². The van der Waals surface area contributed by atoms with Crippen LogP contribution in [-0.2, 0) is 50.5 Å². The Bertz CT molecular complexity index is 324. The minimum atomic E-state index is 0. The molecule has 0 fully saturated rings. The number of benzene rings is 1. The van der Waals surface area contributed by atoms with Gasteiger partial charge in [0.2, 0.25) is 0 Å².